The summed E-state index contributed by atoms with van der Waals surface area (Å²) in [6.45, 7) is 0. The molecule has 1 aliphatic rings. The van der Waals surface area contributed by atoms with Gasteiger partial charge in [-0.15, -0.1) is 10.2 Å². The molecular formula is C20H20B3N7O2. The molecule has 2 N–H and O–H groups in total. The minimum Gasteiger partial charge on any atom is -0.500 e. The van der Waals surface area contributed by atoms with Crippen molar-refractivity contribution < 1.29 is 9.47 Å². The molecule has 1 fully saturated rings. The van der Waals surface area contributed by atoms with Gasteiger partial charge in [0.1, 0.15) is 35.5 Å². The Kier molecular flexibility index (Phi) is 5.32. The predicted octanol–water partition coefficient (Wildman–Crippen LogP) is 1.53. The summed E-state index contributed by atoms with van der Waals surface area (Å²) in [5.41, 5.74) is 3.00. The van der Waals surface area contributed by atoms with Gasteiger partial charge in [-0.1, -0.05) is 0 Å². The maximum atomic E-state index is 5.75. The minimum absolute atomic E-state index is 0.190. The Labute approximate surface area is 188 Å². The molecule has 6 radical (unpaired) electrons. The highest BCUT2D eigenvalue weighted by Gasteiger charge is 2.24. The van der Waals surface area contributed by atoms with E-state index in [1.165, 1.54) is 0 Å². The predicted molar refractivity (Wildman–Crippen MR) is 123 cm³/mol. The van der Waals surface area contributed by atoms with Crippen LogP contribution in [0.5, 0.6) is 5.88 Å². The van der Waals surface area contributed by atoms with Gasteiger partial charge < -0.3 is 19.8 Å². The molecule has 1 aliphatic carbocycles. The maximum Gasteiger partial charge on any atom is 0.228 e. The molecule has 4 heterocycles. The van der Waals surface area contributed by atoms with Gasteiger partial charge in [0.15, 0.2) is 5.65 Å². The zero-order valence-corrected chi connectivity index (χ0v) is 17.7. The third-order valence-electron chi connectivity index (χ3n) is 5.71. The van der Waals surface area contributed by atoms with Crippen LogP contribution in [0.4, 0.5) is 5.95 Å². The molecule has 0 spiro atoms. The molecule has 0 atom stereocenters. The number of pyridine rings is 1. The van der Waals surface area contributed by atoms with Crippen molar-refractivity contribution in [3.8, 4) is 17.0 Å². The van der Waals surface area contributed by atoms with Crippen LogP contribution in [0.15, 0.2) is 30.9 Å². The summed E-state index contributed by atoms with van der Waals surface area (Å²) in [6, 6.07) is 4.03. The van der Waals surface area contributed by atoms with Crippen molar-refractivity contribution in [2.75, 3.05) is 12.4 Å². The number of nitrogens with one attached hydrogen (secondary N) is 2. The maximum absolute atomic E-state index is 5.75. The molecular weight excluding hydrogens is 403 g/mol. The Hall–Kier alpha value is -3.01. The molecule has 1 saturated carbocycles. The van der Waals surface area contributed by atoms with Crippen LogP contribution in [0.3, 0.4) is 0 Å². The molecule has 12 heteroatoms. The van der Waals surface area contributed by atoms with Crippen LogP contribution in [0.1, 0.15) is 25.7 Å². The van der Waals surface area contributed by atoms with Crippen LogP contribution in [0, 0.1) is 0 Å². The van der Waals surface area contributed by atoms with E-state index in [1.54, 1.807) is 13.4 Å². The zero-order chi connectivity index (χ0) is 22.3. The van der Waals surface area contributed by atoms with Crippen LogP contribution in [0.25, 0.3) is 27.8 Å². The Morgan fingerprint density at radius 1 is 1.16 bits per heavy atom. The summed E-state index contributed by atoms with van der Waals surface area (Å²) in [4.78, 5) is 12.4. The lowest BCUT2D eigenvalue weighted by molar-refractivity contribution is 0.0681. The van der Waals surface area contributed by atoms with Gasteiger partial charge in [-0.05, 0) is 43.1 Å². The van der Waals surface area contributed by atoms with Gasteiger partial charge >= 0.3 is 0 Å². The van der Waals surface area contributed by atoms with E-state index in [0.717, 1.165) is 42.5 Å². The third-order valence-corrected chi connectivity index (χ3v) is 5.71. The van der Waals surface area contributed by atoms with Gasteiger partial charge in [0.25, 0.3) is 0 Å². The second-order valence-electron chi connectivity index (χ2n) is 8.10. The Morgan fingerprint density at radius 2 is 1.97 bits per heavy atom. The molecule has 0 aromatic carbocycles. The van der Waals surface area contributed by atoms with Gasteiger partial charge in [-0.2, -0.15) is 9.97 Å². The van der Waals surface area contributed by atoms with Crippen molar-refractivity contribution in [2.24, 2.45) is 0 Å². The molecule has 5 rings (SSSR count). The summed E-state index contributed by atoms with van der Waals surface area (Å²) >= 11 is 0. The van der Waals surface area contributed by atoms with E-state index in [2.05, 4.69) is 30.5 Å². The van der Waals surface area contributed by atoms with Gasteiger partial charge in [-0.3, -0.25) is 4.40 Å². The van der Waals surface area contributed by atoms with E-state index >= 15 is 0 Å². The van der Waals surface area contributed by atoms with E-state index in [-0.39, 0.29) is 11.9 Å². The van der Waals surface area contributed by atoms with Crippen molar-refractivity contribution in [1.82, 2.24) is 29.5 Å². The summed E-state index contributed by atoms with van der Waals surface area (Å²) in [5, 5.41) is 10.1. The Balaban J connectivity index is 1.53. The van der Waals surface area contributed by atoms with Gasteiger partial charge in [0.2, 0.25) is 11.8 Å². The van der Waals surface area contributed by atoms with Crippen molar-refractivity contribution >= 4 is 46.2 Å². The average Bonchev–Trinajstić information content (AvgIpc) is 3.39. The molecule has 0 aliphatic heterocycles. The minimum atomic E-state index is -1.90. The molecule has 156 valence electrons. The van der Waals surface area contributed by atoms with Crippen LogP contribution in [-0.2, 0) is 4.74 Å². The fraction of sp³-hybridized carbons (Fsp3) is 0.400. The first-order valence-electron chi connectivity index (χ1n) is 10.4. The molecule has 0 amide bonds. The van der Waals surface area contributed by atoms with E-state index in [9.17, 15) is 0 Å². The van der Waals surface area contributed by atoms with Crippen LogP contribution in [-0.4, -0.2) is 77.6 Å². The highest BCUT2D eigenvalue weighted by Crippen LogP contribution is 2.35. The lowest BCUT2D eigenvalue weighted by Gasteiger charge is -2.28. The Morgan fingerprint density at radius 3 is 2.72 bits per heavy atom. The molecule has 0 bridgehead atoms. The number of nitrogens with zero attached hydrogens (tertiary/aromatic N) is 5. The number of rotatable bonds is 6. The highest BCUT2D eigenvalue weighted by molar-refractivity contribution is 6.58. The first-order chi connectivity index (χ1) is 15.4. The Bertz CT molecular complexity index is 1250. The monoisotopic (exact) mass is 423 g/mol. The van der Waals surface area contributed by atoms with Gasteiger partial charge in [-0.25, -0.2) is 0 Å². The second-order valence-corrected chi connectivity index (χ2v) is 8.10. The number of H-pyrrole nitrogens is 1. The fourth-order valence-electron chi connectivity index (χ4n) is 4.15. The van der Waals surface area contributed by atoms with Crippen LogP contribution >= 0.6 is 0 Å². The van der Waals surface area contributed by atoms with E-state index in [0.29, 0.717) is 23.1 Å². The highest BCUT2D eigenvalue weighted by atomic mass is 16.5. The first-order valence-corrected chi connectivity index (χ1v) is 10.4. The molecule has 9 nitrogen and oxygen atoms in total. The summed E-state index contributed by atoms with van der Waals surface area (Å²) < 4.78 is 12.9. The standard InChI is InChI=1S/C20H20B3N7O2/c1-31-13-5-3-12(4-6-13)26-19-27-17-16(18(28-19)32-20(21,22)23)14(8-24-17)11-2-7-15-29-25-10-30(15)9-11/h2,7-10,12-13H,3-6H2,1H3,(H2,24,26,27,28). The topological polar surface area (TPSA) is 102 Å². The second kappa shape index (κ2) is 8.16. The molecule has 4 aromatic heterocycles. The van der Waals surface area contributed by atoms with E-state index < -0.39 is 5.30 Å². The summed E-state index contributed by atoms with van der Waals surface area (Å²) in [7, 11) is 19.0. The average molecular weight is 423 g/mol. The van der Waals surface area contributed by atoms with Crippen molar-refractivity contribution in [2.45, 2.75) is 43.1 Å². The SMILES string of the molecule is [B]C([B])([B])Oc1nc(NC2CCC(OC)CC2)nc2[nH]cc(-c3ccc4nncn4c3)c12. The summed E-state index contributed by atoms with van der Waals surface area (Å²) in [5.74, 6) is 0.607. The fourth-order valence-corrected chi connectivity index (χ4v) is 4.15. The van der Waals surface area contributed by atoms with Crippen LogP contribution in [0.2, 0.25) is 0 Å². The van der Waals surface area contributed by atoms with Crippen molar-refractivity contribution in [3.05, 3.63) is 30.9 Å². The van der Waals surface area contributed by atoms with Gasteiger partial charge in [0, 0.05) is 36.7 Å². The number of aromatic nitrogens is 6. The largest absolute Gasteiger partial charge is 0.500 e. The lowest BCUT2D eigenvalue weighted by atomic mass is 9.52. The first kappa shape index (κ1) is 20.9. The molecule has 0 unspecified atom stereocenters. The van der Waals surface area contributed by atoms with E-state index in [4.69, 9.17) is 33.0 Å². The smallest absolute Gasteiger partial charge is 0.228 e. The van der Waals surface area contributed by atoms with E-state index in [1.807, 2.05) is 28.9 Å². The normalized spacial score (nSPS) is 19.4. The van der Waals surface area contributed by atoms with Crippen LogP contribution < -0.4 is 10.1 Å². The molecule has 32 heavy (non-hydrogen) atoms. The van der Waals surface area contributed by atoms with Crippen molar-refractivity contribution in [3.63, 3.8) is 0 Å². The van der Waals surface area contributed by atoms with Crippen molar-refractivity contribution in [1.29, 1.82) is 0 Å². The number of hydrogen-bond donors (Lipinski definition) is 2. The number of methoxy groups -OCH3 is 1. The zero-order valence-electron chi connectivity index (χ0n) is 17.7. The molecule has 0 saturated heterocycles. The third kappa shape index (κ3) is 4.19. The molecule has 4 aromatic rings. The number of fused-ring (bicyclic) bond motifs is 2. The quantitative estimate of drug-likeness (QED) is 0.454. The van der Waals surface area contributed by atoms with Gasteiger partial charge in [0.05, 0.1) is 11.5 Å². The number of aromatic amines is 1. The number of hydrogen-bond acceptors (Lipinski definition) is 7. The summed E-state index contributed by atoms with van der Waals surface area (Å²) in [6.07, 6.45) is 9.55. The number of ether oxygens (including phenoxy) is 2. The lowest BCUT2D eigenvalue weighted by Crippen LogP contribution is -2.38. The number of anilines is 1.